The highest BCUT2D eigenvalue weighted by Crippen LogP contribution is 2.09. The molecule has 2 aromatic carbocycles. The van der Waals surface area contributed by atoms with Gasteiger partial charge in [0, 0.05) is 5.69 Å². The van der Waals surface area contributed by atoms with E-state index in [-0.39, 0.29) is 5.75 Å². The molecule has 0 heterocycles. The van der Waals surface area contributed by atoms with Crippen molar-refractivity contribution >= 4 is 23.7 Å². The van der Waals surface area contributed by atoms with Crippen LogP contribution in [0, 0.1) is 6.92 Å². The fourth-order valence-electron chi connectivity index (χ4n) is 1.73. The van der Waals surface area contributed by atoms with Crippen LogP contribution >= 0.6 is 0 Å². The molecule has 2 rings (SSSR count). The lowest BCUT2D eigenvalue weighted by molar-refractivity contribution is -0.136. The maximum atomic E-state index is 11.7. The summed E-state index contributed by atoms with van der Waals surface area (Å²) in [6, 6.07) is 13.4. The van der Waals surface area contributed by atoms with E-state index in [9.17, 15) is 14.7 Å². The number of aryl methyl sites for hydroxylation is 1. The minimum absolute atomic E-state index is 0.0902. The summed E-state index contributed by atoms with van der Waals surface area (Å²) in [6.07, 6.45) is 1.33. The first-order chi connectivity index (χ1) is 10.5. The first kappa shape index (κ1) is 15.2. The molecule has 6 nitrogen and oxygen atoms in total. The van der Waals surface area contributed by atoms with Gasteiger partial charge in [0.2, 0.25) is 0 Å². The number of hydrazone groups is 1. The second-order valence-electron chi connectivity index (χ2n) is 4.62. The van der Waals surface area contributed by atoms with Crippen molar-refractivity contribution in [3.05, 3.63) is 59.7 Å². The zero-order valence-electron chi connectivity index (χ0n) is 11.9. The number of hydrogen-bond donors (Lipinski definition) is 3. The van der Waals surface area contributed by atoms with Gasteiger partial charge in [-0.15, -0.1) is 0 Å². The smallest absolute Gasteiger partial charge is 0.329 e. The molecule has 2 aromatic rings. The van der Waals surface area contributed by atoms with E-state index in [0.717, 1.165) is 5.56 Å². The van der Waals surface area contributed by atoms with E-state index in [4.69, 9.17) is 0 Å². The van der Waals surface area contributed by atoms with Crippen molar-refractivity contribution in [2.75, 3.05) is 5.32 Å². The number of amides is 2. The average Bonchev–Trinajstić information content (AvgIpc) is 2.47. The molecular formula is C16H15N3O3. The van der Waals surface area contributed by atoms with Crippen molar-refractivity contribution in [2.24, 2.45) is 5.10 Å². The summed E-state index contributed by atoms with van der Waals surface area (Å²) in [5.74, 6) is -1.59. The molecule has 0 saturated carbocycles. The van der Waals surface area contributed by atoms with Crippen molar-refractivity contribution in [1.82, 2.24) is 5.43 Å². The Kier molecular flexibility index (Phi) is 4.87. The molecule has 0 aliphatic heterocycles. The van der Waals surface area contributed by atoms with Crippen molar-refractivity contribution < 1.29 is 14.7 Å². The summed E-state index contributed by atoms with van der Waals surface area (Å²) in [5.41, 5.74) is 4.23. The van der Waals surface area contributed by atoms with Gasteiger partial charge in [0.05, 0.1) is 6.21 Å². The molecule has 0 aromatic heterocycles. The third-order valence-corrected chi connectivity index (χ3v) is 2.73. The van der Waals surface area contributed by atoms with Gasteiger partial charge in [-0.3, -0.25) is 9.59 Å². The van der Waals surface area contributed by atoms with Gasteiger partial charge in [0.25, 0.3) is 0 Å². The Balaban J connectivity index is 1.90. The quantitative estimate of drug-likeness (QED) is 0.458. The molecule has 0 spiro atoms. The number of carbonyl (C=O) groups excluding carboxylic acids is 2. The first-order valence-electron chi connectivity index (χ1n) is 6.55. The summed E-state index contributed by atoms with van der Waals surface area (Å²) in [4.78, 5) is 23.3. The van der Waals surface area contributed by atoms with Gasteiger partial charge in [0.1, 0.15) is 5.75 Å². The summed E-state index contributed by atoms with van der Waals surface area (Å²) < 4.78 is 0. The van der Waals surface area contributed by atoms with E-state index in [1.807, 2.05) is 13.0 Å². The highest BCUT2D eigenvalue weighted by atomic mass is 16.3. The lowest BCUT2D eigenvalue weighted by atomic mass is 10.2. The average molecular weight is 297 g/mol. The summed E-state index contributed by atoms with van der Waals surface area (Å²) in [6.45, 7) is 1.88. The van der Waals surface area contributed by atoms with Gasteiger partial charge in [-0.05, 0) is 42.3 Å². The SMILES string of the molecule is Cc1cccc(NC(=O)C(=O)NN=Cc2cccc(O)c2)c1. The van der Waals surface area contributed by atoms with E-state index in [1.165, 1.54) is 18.3 Å². The molecule has 0 fully saturated rings. The Morgan fingerprint density at radius 2 is 1.86 bits per heavy atom. The molecular weight excluding hydrogens is 282 g/mol. The van der Waals surface area contributed by atoms with Gasteiger partial charge in [-0.1, -0.05) is 24.3 Å². The standard InChI is InChI=1S/C16H15N3O3/c1-11-4-2-6-13(8-11)18-15(21)16(22)19-17-10-12-5-3-7-14(20)9-12/h2-10,20H,1H3,(H,18,21)(H,19,22). The maximum absolute atomic E-state index is 11.7. The molecule has 22 heavy (non-hydrogen) atoms. The normalized spacial score (nSPS) is 10.4. The molecule has 112 valence electrons. The van der Waals surface area contributed by atoms with Crippen molar-refractivity contribution in [3.63, 3.8) is 0 Å². The van der Waals surface area contributed by atoms with Crippen LogP contribution in [0.5, 0.6) is 5.75 Å². The minimum Gasteiger partial charge on any atom is -0.508 e. The molecule has 0 radical (unpaired) electrons. The number of nitrogens with one attached hydrogen (secondary N) is 2. The molecule has 3 N–H and O–H groups in total. The van der Waals surface area contributed by atoms with Crippen molar-refractivity contribution in [2.45, 2.75) is 6.92 Å². The Labute approximate surface area is 127 Å². The summed E-state index contributed by atoms with van der Waals surface area (Å²) in [7, 11) is 0. The molecule has 0 aliphatic carbocycles. The van der Waals surface area contributed by atoms with Gasteiger partial charge in [-0.2, -0.15) is 5.10 Å². The highest BCUT2D eigenvalue weighted by Gasteiger charge is 2.12. The van der Waals surface area contributed by atoms with Crippen LogP contribution in [0.4, 0.5) is 5.69 Å². The maximum Gasteiger partial charge on any atom is 0.329 e. The fourth-order valence-corrected chi connectivity index (χ4v) is 1.73. The highest BCUT2D eigenvalue weighted by molar-refractivity contribution is 6.39. The molecule has 0 aliphatic rings. The van der Waals surface area contributed by atoms with Gasteiger partial charge >= 0.3 is 11.8 Å². The van der Waals surface area contributed by atoms with Crippen molar-refractivity contribution in [1.29, 1.82) is 0 Å². The van der Waals surface area contributed by atoms with E-state index in [1.54, 1.807) is 30.3 Å². The number of carbonyl (C=O) groups is 2. The number of benzene rings is 2. The molecule has 0 bridgehead atoms. The number of hydrogen-bond acceptors (Lipinski definition) is 4. The van der Waals surface area contributed by atoms with E-state index < -0.39 is 11.8 Å². The number of anilines is 1. The molecule has 0 unspecified atom stereocenters. The largest absolute Gasteiger partial charge is 0.508 e. The lowest BCUT2D eigenvalue weighted by Crippen LogP contribution is -2.32. The predicted molar refractivity (Wildman–Crippen MR) is 83.7 cm³/mol. The van der Waals surface area contributed by atoms with Gasteiger partial charge in [0.15, 0.2) is 0 Å². The zero-order valence-corrected chi connectivity index (χ0v) is 11.9. The minimum atomic E-state index is -0.877. The second-order valence-corrected chi connectivity index (χ2v) is 4.62. The number of phenols is 1. The van der Waals surface area contributed by atoms with Crippen LogP contribution in [0.25, 0.3) is 0 Å². The van der Waals surface area contributed by atoms with Crippen LogP contribution < -0.4 is 10.7 Å². The monoisotopic (exact) mass is 297 g/mol. The predicted octanol–water partition coefficient (Wildman–Crippen LogP) is 1.79. The van der Waals surface area contributed by atoms with Crippen LogP contribution in [-0.4, -0.2) is 23.1 Å². The Morgan fingerprint density at radius 3 is 2.59 bits per heavy atom. The Morgan fingerprint density at radius 1 is 1.09 bits per heavy atom. The number of aromatic hydroxyl groups is 1. The Bertz CT molecular complexity index is 726. The van der Waals surface area contributed by atoms with E-state index in [2.05, 4.69) is 15.8 Å². The molecule has 0 atom stereocenters. The third-order valence-electron chi connectivity index (χ3n) is 2.73. The molecule has 2 amide bonds. The van der Waals surface area contributed by atoms with Crippen LogP contribution in [0.15, 0.2) is 53.6 Å². The Hall–Kier alpha value is -3.15. The first-order valence-corrected chi connectivity index (χ1v) is 6.55. The fraction of sp³-hybridized carbons (Fsp3) is 0.0625. The van der Waals surface area contributed by atoms with Gasteiger partial charge in [-0.25, -0.2) is 5.43 Å². The summed E-state index contributed by atoms with van der Waals surface area (Å²) >= 11 is 0. The van der Waals surface area contributed by atoms with Crippen molar-refractivity contribution in [3.8, 4) is 5.75 Å². The van der Waals surface area contributed by atoms with E-state index >= 15 is 0 Å². The lowest BCUT2D eigenvalue weighted by Gasteiger charge is -2.04. The molecule has 0 saturated heterocycles. The zero-order chi connectivity index (χ0) is 15.9. The summed E-state index contributed by atoms with van der Waals surface area (Å²) in [5, 5.41) is 15.4. The van der Waals surface area contributed by atoms with Crippen LogP contribution in [0.3, 0.4) is 0 Å². The third kappa shape index (κ3) is 4.45. The van der Waals surface area contributed by atoms with Crippen LogP contribution in [0.2, 0.25) is 0 Å². The van der Waals surface area contributed by atoms with E-state index in [0.29, 0.717) is 11.3 Å². The van der Waals surface area contributed by atoms with Gasteiger partial charge < -0.3 is 10.4 Å². The molecule has 6 heteroatoms. The van der Waals surface area contributed by atoms with Crippen LogP contribution in [-0.2, 0) is 9.59 Å². The topological polar surface area (TPSA) is 90.8 Å². The second kappa shape index (κ2) is 7.03. The number of phenolic OH excluding ortho intramolecular Hbond substituents is 1. The van der Waals surface area contributed by atoms with Crippen LogP contribution in [0.1, 0.15) is 11.1 Å². The number of rotatable bonds is 3. The number of nitrogens with zero attached hydrogens (tertiary/aromatic N) is 1.